The predicted octanol–water partition coefficient (Wildman–Crippen LogP) is 4.41. The van der Waals surface area contributed by atoms with E-state index in [1.165, 1.54) is 24.8 Å². The largest absolute Gasteiger partial charge is 0.399 e. The first-order valence-corrected chi connectivity index (χ1v) is 5.88. The van der Waals surface area contributed by atoms with E-state index in [-0.39, 0.29) is 0 Å². The standard InChI is InChI=1S/C7H9N.C7H16/c1-6-2-4-7(8)5-3-6;1-4-5-6-7(2)3/h2-5H,8H2,1H3;7H,4-6H2,1-3H3. The van der Waals surface area contributed by atoms with Crippen LogP contribution >= 0.6 is 0 Å². The predicted molar refractivity (Wildman–Crippen MR) is 70.0 cm³/mol. The number of rotatable bonds is 3. The van der Waals surface area contributed by atoms with Gasteiger partial charge in [0, 0.05) is 5.69 Å². The van der Waals surface area contributed by atoms with Crippen LogP contribution in [0.15, 0.2) is 24.3 Å². The van der Waals surface area contributed by atoms with Gasteiger partial charge in [0.05, 0.1) is 0 Å². The van der Waals surface area contributed by atoms with Crippen LogP contribution in [0.5, 0.6) is 0 Å². The van der Waals surface area contributed by atoms with Gasteiger partial charge in [0.2, 0.25) is 0 Å². The molecule has 0 unspecified atom stereocenters. The Morgan fingerprint density at radius 2 is 1.67 bits per heavy atom. The number of nitrogen functional groups attached to an aromatic ring is 1. The number of hydrogen-bond donors (Lipinski definition) is 1. The summed E-state index contributed by atoms with van der Waals surface area (Å²) in [4.78, 5) is 0. The fourth-order valence-electron chi connectivity index (χ4n) is 1.18. The topological polar surface area (TPSA) is 26.0 Å². The Labute approximate surface area is 94.7 Å². The summed E-state index contributed by atoms with van der Waals surface area (Å²) in [6.45, 7) is 8.83. The molecule has 2 N–H and O–H groups in total. The Morgan fingerprint density at radius 3 is 1.93 bits per heavy atom. The summed E-state index contributed by atoms with van der Waals surface area (Å²) in [7, 11) is 0. The minimum absolute atomic E-state index is 0.829. The van der Waals surface area contributed by atoms with Gasteiger partial charge in [-0.3, -0.25) is 0 Å². The van der Waals surface area contributed by atoms with E-state index in [0.29, 0.717) is 0 Å². The van der Waals surface area contributed by atoms with Gasteiger partial charge in [-0.1, -0.05) is 57.7 Å². The summed E-state index contributed by atoms with van der Waals surface area (Å²) in [6.07, 6.45) is 4.15. The van der Waals surface area contributed by atoms with Crippen molar-refractivity contribution >= 4 is 5.69 Å². The average Bonchev–Trinajstić information content (AvgIpc) is 2.20. The van der Waals surface area contributed by atoms with Crippen molar-refractivity contribution in [2.75, 3.05) is 5.73 Å². The highest BCUT2D eigenvalue weighted by Gasteiger charge is 1.88. The highest BCUT2D eigenvalue weighted by molar-refractivity contribution is 5.38. The molecule has 0 aliphatic carbocycles. The maximum Gasteiger partial charge on any atom is 0.0314 e. The summed E-state index contributed by atoms with van der Waals surface area (Å²) in [6, 6.07) is 7.79. The second kappa shape index (κ2) is 8.34. The van der Waals surface area contributed by atoms with Crippen molar-refractivity contribution in [2.24, 2.45) is 5.92 Å². The van der Waals surface area contributed by atoms with Gasteiger partial charge in [-0.25, -0.2) is 0 Å². The molecule has 0 fully saturated rings. The van der Waals surface area contributed by atoms with Crippen molar-refractivity contribution in [3.8, 4) is 0 Å². The minimum atomic E-state index is 0.829. The van der Waals surface area contributed by atoms with Gasteiger partial charge < -0.3 is 5.73 Å². The third-order valence-corrected chi connectivity index (χ3v) is 2.21. The number of hydrogen-bond acceptors (Lipinski definition) is 1. The monoisotopic (exact) mass is 207 g/mol. The molecule has 1 aromatic carbocycles. The van der Waals surface area contributed by atoms with E-state index in [1.807, 2.05) is 31.2 Å². The Balaban J connectivity index is 0.000000265. The highest BCUT2D eigenvalue weighted by Crippen LogP contribution is 2.04. The average molecular weight is 207 g/mol. The molecule has 1 heteroatoms. The molecule has 0 heterocycles. The van der Waals surface area contributed by atoms with Crippen molar-refractivity contribution in [2.45, 2.75) is 47.0 Å². The number of aryl methyl sites for hydroxylation is 1. The highest BCUT2D eigenvalue weighted by atomic mass is 14.5. The Morgan fingerprint density at radius 1 is 1.13 bits per heavy atom. The lowest BCUT2D eigenvalue weighted by atomic mass is 10.1. The Bertz CT molecular complexity index is 215. The number of benzene rings is 1. The van der Waals surface area contributed by atoms with Crippen molar-refractivity contribution in [3.63, 3.8) is 0 Å². The summed E-state index contributed by atoms with van der Waals surface area (Å²) in [5.41, 5.74) is 7.51. The molecule has 0 bridgehead atoms. The van der Waals surface area contributed by atoms with Gasteiger partial charge in [0.1, 0.15) is 0 Å². The number of unbranched alkanes of at least 4 members (excludes halogenated alkanes) is 1. The van der Waals surface area contributed by atoms with Gasteiger partial charge in [-0.05, 0) is 25.0 Å². The molecule has 1 nitrogen and oxygen atoms in total. The summed E-state index contributed by atoms with van der Waals surface area (Å²) in [5.74, 6) is 0.903. The molecule has 0 amide bonds. The van der Waals surface area contributed by atoms with E-state index in [9.17, 15) is 0 Å². The van der Waals surface area contributed by atoms with E-state index >= 15 is 0 Å². The first-order valence-electron chi connectivity index (χ1n) is 5.88. The number of anilines is 1. The second-order valence-electron chi connectivity index (χ2n) is 4.45. The first-order chi connectivity index (χ1) is 7.06. The van der Waals surface area contributed by atoms with Crippen molar-refractivity contribution in [1.82, 2.24) is 0 Å². The molecule has 0 spiro atoms. The van der Waals surface area contributed by atoms with E-state index in [2.05, 4.69) is 20.8 Å². The fourth-order valence-corrected chi connectivity index (χ4v) is 1.18. The Kier molecular flexibility index (Phi) is 7.79. The van der Waals surface area contributed by atoms with Gasteiger partial charge in [-0.2, -0.15) is 0 Å². The molecule has 0 atom stereocenters. The third kappa shape index (κ3) is 9.33. The van der Waals surface area contributed by atoms with Crippen LogP contribution in [0.4, 0.5) is 5.69 Å². The molecule has 1 aromatic rings. The van der Waals surface area contributed by atoms with Gasteiger partial charge >= 0.3 is 0 Å². The first kappa shape index (κ1) is 14.0. The zero-order chi connectivity index (χ0) is 11.7. The molecule has 0 aliphatic rings. The summed E-state index contributed by atoms with van der Waals surface area (Å²) >= 11 is 0. The van der Waals surface area contributed by atoms with Crippen LogP contribution in [0.2, 0.25) is 0 Å². The van der Waals surface area contributed by atoms with Crippen molar-refractivity contribution < 1.29 is 0 Å². The van der Waals surface area contributed by atoms with E-state index < -0.39 is 0 Å². The second-order valence-corrected chi connectivity index (χ2v) is 4.45. The fraction of sp³-hybridized carbons (Fsp3) is 0.571. The van der Waals surface area contributed by atoms with Crippen LogP contribution in [0.3, 0.4) is 0 Å². The van der Waals surface area contributed by atoms with Gasteiger partial charge in [-0.15, -0.1) is 0 Å². The van der Waals surface area contributed by atoms with Gasteiger partial charge in [0.15, 0.2) is 0 Å². The molecule has 0 saturated carbocycles. The van der Waals surface area contributed by atoms with Crippen molar-refractivity contribution in [1.29, 1.82) is 0 Å². The van der Waals surface area contributed by atoms with Gasteiger partial charge in [0.25, 0.3) is 0 Å². The quantitative estimate of drug-likeness (QED) is 0.730. The van der Waals surface area contributed by atoms with Crippen LogP contribution in [-0.2, 0) is 0 Å². The molecule has 1 rings (SSSR count). The molecule has 0 aliphatic heterocycles. The lowest BCUT2D eigenvalue weighted by Gasteiger charge is -1.98. The summed E-state index contributed by atoms with van der Waals surface area (Å²) < 4.78 is 0. The SMILES string of the molecule is CCCCC(C)C.Cc1ccc(N)cc1. The van der Waals surface area contributed by atoms with Crippen LogP contribution in [0.1, 0.15) is 45.6 Å². The van der Waals surface area contributed by atoms with E-state index in [1.54, 1.807) is 0 Å². The summed E-state index contributed by atoms with van der Waals surface area (Å²) in [5, 5.41) is 0. The minimum Gasteiger partial charge on any atom is -0.399 e. The lowest BCUT2D eigenvalue weighted by Crippen LogP contribution is -1.83. The molecule has 0 saturated heterocycles. The molecular formula is C14H25N. The molecule has 0 radical (unpaired) electrons. The van der Waals surface area contributed by atoms with Crippen molar-refractivity contribution in [3.05, 3.63) is 29.8 Å². The van der Waals surface area contributed by atoms with Crippen LogP contribution in [0, 0.1) is 12.8 Å². The van der Waals surface area contributed by atoms with E-state index in [0.717, 1.165) is 11.6 Å². The zero-order valence-corrected chi connectivity index (χ0v) is 10.6. The molecular weight excluding hydrogens is 182 g/mol. The number of nitrogens with two attached hydrogens (primary N) is 1. The third-order valence-electron chi connectivity index (χ3n) is 2.21. The maximum atomic E-state index is 5.43. The smallest absolute Gasteiger partial charge is 0.0314 e. The maximum absolute atomic E-state index is 5.43. The normalized spacial score (nSPS) is 9.67. The van der Waals surface area contributed by atoms with Crippen LogP contribution in [0.25, 0.3) is 0 Å². The van der Waals surface area contributed by atoms with Crippen LogP contribution < -0.4 is 5.73 Å². The van der Waals surface area contributed by atoms with Crippen LogP contribution in [-0.4, -0.2) is 0 Å². The zero-order valence-electron chi connectivity index (χ0n) is 10.6. The molecule has 0 aromatic heterocycles. The molecule has 15 heavy (non-hydrogen) atoms. The lowest BCUT2D eigenvalue weighted by molar-refractivity contribution is 0.550. The Hall–Kier alpha value is -0.980. The van der Waals surface area contributed by atoms with E-state index in [4.69, 9.17) is 5.73 Å². The molecule has 86 valence electrons.